The second-order valence-corrected chi connectivity index (χ2v) is 9.14. The number of hydrogen-bond donors (Lipinski definition) is 1. The second-order valence-electron chi connectivity index (χ2n) is 7.87. The monoisotopic (exact) mass is 450 g/mol. The number of thiophene rings is 1. The van der Waals surface area contributed by atoms with Crippen molar-refractivity contribution >= 4 is 28.2 Å². The Balaban J connectivity index is 0.000000318. The Kier molecular flexibility index (Phi) is 7.05. The van der Waals surface area contributed by atoms with E-state index in [2.05, 4.69) is 17.9 Å². The molecular weight excluding hydrogens is 425 g/mol. The number of carbonyl (C=O) groups is 2. The lowest BCUT2D eigenvalue weighted by Crippen LogP contribution is -2.60. The number of carboxylic acid groups (broad SMARTS) is 1. The quantitative estimate of drug-likeness (QED) is 0.763. The minimum Gasteiger partial charge on any atom is -0.475 e. The summed E-state index contributed by atoms with van der Waals surface area (Å²) in [6.07, 6.45) is -2.38. The lowest BCUT2D eigenvalue weighted by Gasteiger charge is -2.42. The Labute approximate surface area is 176 Å². The molecule has 3 fully saturated rings. The van der Waals surface area contributed by atoms with Crippen LogP contribution in [0.4, 0.5) is 18.2 Å². The Morgan fingerprint density at radius 3 is 2.60 bits per heavy atom. The first-order valence-corrected chi connectivity index (χ1v) is 10.5. The number of aryl methyl sites for hydroxylation is 1. The summed E-state index contributed by atoms with van der Waals surface area (Å²) in [7, 11) is 0. The first kappa shape index (κ1) is 23.0. The third kappa shape index (κ3) is 6.16. The summed E-state index contributed by atoms with van der Waals surface area (Å²) in [4.78, 5) is 26.8. The highest BCUT2D eigenvalue weighted by atomic mass is 32.1. The van der Waals surface area contributed by atoms with E-state index in [0.717, 1.165) is 37.2 Å². The fraction of sp³-hybridized carbons (Fsp3) is 0.684. The number of nitrogens with zero attached hydrogens (tertiary/aromatic N) is 2. The van der Waals surface area contributed by atoms with Gasteiger partial charge in [0.1, 0.15) is 12.2 Å². The van der Waals surface area contributed by atoms with Gasteiger partial charge in [0.2, 0.25) is 0 Å². The van der Waals surface area contributed by atoms with Gasteiger partial charge in [0.05, 0.1) is 24.8 Å². The average Bonchev–Trinajstić information content (AvgIpc) is 3.41. The number of amides is 1. The van der Waals surface area contributed by atoms with Gasteiger partial charge in [-0.1, -0.05) is 0 Å². The molecule has 2 aliphatic heterocycles. The zero-order valence-corrected chi connectivity index (χ0v) is 17.4. The van der Waals surface area contributed by atoms with Crippen LogP contribution in [0.2, 0.25) is 0 Å². The van der Waals surface area contributed by atoms with Crippen LogP contribution in [0.3, 0.4) is 0 Å². The molecule has 1 spiro atoms. The highest BCUT2D eigenvalue weighted by molar-refractivity contribution is 7.16. The fourth-order valence-corrected chi connectivity index (χ4v) is 4.35. The molecule has 3 aliphatic rings. The summed E-state index contributed by atoms with van der Waals surface area (Å²) < 4.78 is 43.6. The smallest absolute Gasteiger partial charge is 0.475 e. The van der Waals surface area contributed by atoms with Crippen LogP contribution < -0.4 is 4.90 Å². The van der Waals surface area contributed by atoms with Crippen molar-refractivity contribution in [1.82, 2.24) is 4.90 Å². The number of anilines is 1. The molecule has 1 N–H and O–H groups in total. The Hall–Kier alpha value is -1.69. The van der Waals surface area contributed by atoms with E-state index in [1.165, 1.54) is 17.7 Å². The molecule has 1 amide bonds. The van der Waals surface area contributed by atoms with E-state index >= 15 is 0 Å². The number of carboxylic acids is 1. The third-order valence-corrected chi connectivity index (χ3v) is 6.15. The topological polar surface area (TPSA) is 79.3 Å². The predicted octanol–water partition coefficient (Wildman–Crippen LogP) is 2.53. The molecule has 1 aromatic heterocycles. The molecule has 7 nitrogen and oxygen atoms in total. The summed E-state index contributed by atoms with van der Waals surface area (Å²) in [5.41, 5.74) is -0.392. The summed E-state index contributed by atoms with van der Waals surface area (Å²) >= 11 is 1.67. The van der Waals surface area contributed by atoms with E-state index in [9.17, 15) is 18.0 Å². The van der Waals surface area contributed by atoms with Gasteiger partial charge in [-0.05, 0) is 37.8 Å². The third-order valence-electron chi connectivity index (χ3n) is 5.13. The van der Waals surface area contributed by atoms with E-state index in [4.69, 9.17) is 19.4 Å². The summed E-state index contributed by atoms with van der Waals surface area (Å²) in [6, 6.07) is 4.11. The van der Waals surface area contributed by atoms with Gasteiger partial charge in [-0.25, -0.2) is 4.79 Å². The maximum atomic E-state index is 12.3. The number of morpholine rings is 1. The van der Waals surface area contributed by atoms with Crippen molar-refractivity contribution in [3.63, 3.8) is 0 Å². The summed E-state index contributed by atoms with van der Waals surface area (Å²) in [5, 5.41) is 8.15. The first-order chi connectivity index (χ1) is 14.1. The van der Waals surface area contributed by atoms with Crippen LogP contribution in [0.5, 0.6) is 0 Å². The number of rotatable bonds is 3. The van der Waals surface area contributed by atoms with E-state index in [-0.39, 0.29) is 12.5 Å². The zero-order chi connectivity index (χ0) is 21.9. The van der Waals surface area contributed by atoms with E-state index < -0.39 is 17.7 Å². The molecule has 0 radical (unpaired) electrons. The minimum absolute atomic E-state index is 0.0514. The Morgan fingerprint density at radius 1 is 1.33 bits per heavy atom. The zero-order valence-electron chi connectivity index (χ0n) is 16.6. The SMILES string of the molecule is Cc1ccc(N2CC3(COCCN(CC4CC4)C3)OCC2=O)s1.O=C(O)C(F)(F)F. The van der Waals surface area contributed by atoms with Gasteiger partial charge in [-0.15, -0.1) is 11.3 Å². The van der Waals surface area contributed by atoms with Crippen LogP contribution in [-0.2, 0) is 19.1 Å². The van der Waals surface area contributed by atoms with Crippen LogP contribution in [0.1, 0.15) is 17.7 Å². The molecule has 0 aromatic carbocycles. The van der Waals surface area contributed by atoms with Crippen molar-refractivity contribution < 1.29 is 37.3 Å². The minimum atomic E-state index is -5.08. The first-order valence-electron chi connectivity index (χ1n) is 9.69. The van der Waals surface area contributed by atoms with Gasteiger partial charge in [-0.2, -0.15) is 13.2 Å². The van der Waals surface area contributed by atoms with Crippen LogP contribution in [0.15, 0.2) is 12.1 Å². The summed E-state index contributed by atoms with van der Waals surface area (Å²) in [5.74, 6) is -1.85. The molecule has 1 aromatic rings. The molecule has 1 saturated carbocycles. The van der Waals surface area contributed by atoms with E-state index in [1.54, 1.807) is 11.3 Å². The largest absolute Gasteiger partial charge is 0.490 e. The Bertz CT molecular complexity index is 768. The second kappa shape index (κ2) is 9.21. The van der Waals surface area contributed by atoms with Gasteiger partial charge in [-0.3, -0.25) is 14.6 Å². The van der Waals surface area contributed by atoms with E-state index in [0.29, 0.717) is 13.2 Å². The number of aliphatic carboxylic acids is 1. The molecule has 168 valence electrons. The number of alkyl halides is 3. The fourth-order valence-electron chi connectivity index (χ4n) is 3.47. The van der Waals surface area contributed by atoms with Gasteiger partial charge in [0.25, 0.3) is 5.91 Å². The van der Waals surface area contributed by atoms with Gasteiger partial charge >= 0.3 is 12.1 Å². The molecule has 3 heterocycles. The molecule has 11 heteroatoms. The van der Waals surface area contributed by atoms with E-state index in [1.807, 2.05) is 11.0 Å². The average molecular weight is 450 g/mol. The van der Waals surface area contributed by atoms with Gasteiger partial charge < -0.3 is 14.6 Å². The maximum Gasteiger partial charge on any atom is 0.490 e. The number of ether oxygens (including phenoxy) is 2. The van der Waals surface area contributed by atoms with Crippen molar-refractivity contribution in [1.29, 1.82) is 0 Å². The molecule has 4 rings (SSSR count). The molecule has 0 bridgehead atoms. The lowest BCUT2D eigenvalue weighted by molar-refractivity contribution is -0.192. The molecular formula is C19H25F3N2O5S. The number of carbonyl (C=O) groups excluding carboxylic acids is 1. The van der Waals surface area contributed by atoms with Crippen LogP contribution in [-0.4, -0.2) is 79.7 Å². The van der Waals surface area contributed by atoms with Crippen LogP contribution in [0.25, 0.3) is 0 Å². The highest BCUT2D eigenvalue weighted by Gasteiger charge is 2.44. The molecule has 30 heavy (non-hydrogen) atoms. The standard InChI is InChI=1S/C17H24N2O3S.C2HF3O2/c1-13-2-5-16(23-13)19-11-17(22-9-15(19)20)10-18(6-7-21-12-17)8-14-3-4-14;3-2(4,5)1(6)7/h2,5,14H,3-4,6-12H2,1H3;(H,6,7). The summed E-state index contributed by atoms with van der Waals surface area (Å²) in [6.45, 7) is 7.10. The molecule has 2 saturated heterocycles. The van der Waals surface area contributed by atoms with Crippen molar-refractivity contribution in [2.24, 2.45) is 5.92 Å². The van der Waals surface area contributed by atoms with Crippen LogP contribution in [0, 0.1) is 12.8 Å². The van der Waals surface area contributed by atoms with Crippen molar-refractivity contribution in [2.45, 2.75) is 31.5 Å². The Morgan fingerprint density at radius 2 is 2.03 bits per heavy atom. The number of halogens is 3. The highest BCUT2D eigenvalue weighted by Crippen LogP contribution is 2.34. The molecule has 1 unspecified atom stereocenters. The molecule has 1 aliphatic carbocycles. The maximum absolute atomic E-state index is 12.3. The lowest BCUT2D eigenvalue weighted by atomic mass is 10.0. The van der Waals surface area contributed by atoms with Crippen molar-refractivity contribution in [2.75, 3.05) is 50.9 Å². The number of hydrogen-bond acceptors (Lipinski definition) is 6. The van der Waals surface area contributed by atoms with Crippen molar-refractivity contribution in [3.05, 3.63) is 17.0 Å². The predicted molar refractivity (Wildman–Crippen MR) is 104 cm³/mol. The van der Waals surface area contributed by atoms with Gasteiger partial charge in [0, 0.05) is 24.5 Å². The van der Waals surface area contributed by atoms with Gasteiger partial charge in [0.15, 0.2) is 0 Å². The van der Waals surface area contributed by atoms with Crippen LogP contribution >= 0.6 is 11.3 Å². The normalized spacial score (nSPS) is 25.6. The van der Waals surface area contributed by atoms with Crippen molar-refractivity contribution in [3.8, 4) is 0 Å². The molecule has 1 atom stereocenters.